The highest BCUT2D eigenvalue weighted by molar-refractivity contribution is 6.32. The summed E-state index contributed by atoms with van der Waals surface area (Å²) in [5.74, 6) is 0.400. The van der Waals surface area contributed by atoms with E-state index < -0.39 is 23.8 Å². The molecule has 9 heteroatoms. The minimum Gasteiger partial charge on any atom is -0.479 e. The predicted molar refractivity (Wildman–Crippen MR) is 113 cm³/mol. The van der Waals surface area contributed by atoms with Gasteiger partial charge in [-0.2, -0.15) is 13.2 Å². The molecule has 0 saturated carbocycles. The third-order valence-electron chi connectivity index (χ3n) is 4.45. The van der Waals surface area contributed by atoms with Crippen LogP contribution >= 0.6 is 11.6 Å². The SMILES string of the molecule is COCCOC(=O)[C@@H](C)Oc1ccc2ccc(Oc3ccc(C(F)(F)F)cc3Cl)cc2c1. The molecule has 0 aliphatic rings. The number of carbonyl (C=O) groups excluding carboxylic acids is 1. The zero-order valence-electron chi connectivity index (χ0n) is 17.2. The first-order chi connectivity index (χ1) is 15.2. The summed E-state index contributed by atoms with van der Waals surface area (Å²) in [6, 6.07) is 13.3. The Labute approximate surface area is 187 Å². The van der Waals surface area contributed by atoms with Crippen molar-refractivity contribution in [2.75, 3.05) is 20.3 Å². The number of hydrogen-bond acceptors (Lipinski definition) is 5. The average Bonchev–Trinajstić information content (AvgIpc) is 2.74. The normalized spacial score (nSPS) is 12.4. The van der Waals surface area contributed by atoms with Crippen molar-refractivity contribution in [3.63, 3.8) is 0 Å². The van der Waals surface area contributed by atoms with E-state index in [-0.39, 0.29) is 17.4 Å². The van der Waals surface area contributed by atoms with Crippen LogP contribution < -0.4 is 9.47 Å². The number of carbonyl (C=O) groups is 1. The predicted octanol–water partition coefficient (Wildman–Crippen LogP) is 6.26. The van der Waals surface area contributed by atoms with Gasteiger partial charge >= 0.3 is 12.1 Å². The van der Waals surface area contributed by atoms with Crippen LogP contribution in [-0.4, -0.2) is 32.4 Å². The zero-order chi connectivity index (χ0) is 23.3. The highest BCUT2D eigenvalue weighted by Crippen LogP contribution is 2.37. The van der Waals surface area contributed by atoms with E-state index in [1.54, 1.807) is 37.3 Å². The number of halogens is 4. The lowest BCUT2D eigenvalue weighted by Crippen LogP contribution is -2.27. The fourth-order valence-electron chi connectivity index (χ4n) is 2.82. The van der Waals surface area contributed by atoms with Gasteiger partial charge in [0, 0.05) is 7.11 Å². The van der Waals surface area contributed by atoms with Crippen molar-refractivity contribution in [2.24, 2.45) is 0 Å². The fourth-order valence-corrected chi connectivity index (χ4v) is 3.04. The molecule has 0 aliphatic carbocycles. The van der Waals surface area contributed by atoms with Crippen LogP contribution in [0.1, 0.15) is 12.5 Å². The molecule has 0 N–H and O–H groups in total. The lowest BCUT2D eigenvalue weighted by Gasteiger charge is -2.15. The van der Waals surface area contributed by atoms with E-state index in [0.29, 0.717) is 18.1 Å². The molecule has 0 amide bonds. The smallest absolute Gasteiger partial charge is 0.416 e. The van der Waals surface area contributed by atoms with Crippen molar-refractivity contribution in [3.05, 3.63) is 65.2 Å². The van der Waals surface area contributed by atoms with E-state index >= 15 is 0 Å². The van der Waals surface area contributed by atoms with E-state index in [1.807, 2.05) is 6.07 Å². The monoisotopic (exact) mass is 468 g/mol. The van der Waals surface area contributed by atoms with E-state index in [0.717, 1.165) is 22.9 Å². The molecule has 170 valence electrons. The van der Waals surface area contributed by atoms with Gasteiger partial charge in [-0.1, -0.05) is 23.7 Å². The standard InChI is InChI=1S/C23H20ClF3O5/c1-14(22(28)30-10-9-29-2)31-18-6-3-15-4-7-19(12-16(15)11-18)32-21-8-5-17(13-20(21)24)23(25,26)27/h3-8,11-14H,9-10H2,1-2H3/t14-/m1/s1. The molecule has 0 heterocycles. The number of fused-ring (bicyclic) bond motifs is 1. The molecular formula is C23H20ClF3O5. The van der Waals surface area contributed by atoms with Gasteiger partial charge in [-0.25, -0.2) is 4.79 Å². The van der Waals surface area contributed by atoms with Crippen LogP contribution in [-0.2, 0) is 20.4 Å². The van der Waals surface area contributed by atoms with Crippen molar-refractivity contribution < 1.29 is 36.9 Å². The van der Waals surface area contributed by atoms with Gasteiger partial charge in [0.15, 0.2) is 6.10 Å². The maximum atomic E-state index is 12.8. The van der Waals surface area contributed by atoms with Gasteiger partial charge < -0.3 is 18.9 Å². The first-order valence-electron chi connectivity index (χ1n) is 9.58. The van der Waals surface area contributed by atoms with Gasteiger partial charge in [0.25, 0.3) is 0 Å². The van der Waals surface area contributed by atoms with Crippen molar-refractivity contribution in [1.29, 1.82) is 0 Å². The molecule has 5 nitrogen and oxygen atoms in total. The molecule has 32 heavy (non-hydrogen) atoms. The summed E-state index contributed by atoms with van der Waals surface area (Å²) in [4.78, 5) is 12.0. The summed E-state index contributed by atoms with van der Waals surface area (Å²) < 4.78 is 59.6. The first-order valence-corrected chi connectivity index (χ1v) is 9.96. The highest BCUT2D eigenvalue weighted by atomic mass is 35.5. The maximum Gasteiger partial charge on any atom is 0.416 e. The van der Waals surface area contributed by atoms with Gasteiger partial charge in [0.05, 0.1) is 17.2 Å². The van der Waals surface area contributed by atoms with Gasteiger partial charge in [-0.05, 0) is 60.2 Å². The number of hydrogen-bond donors (Lipinski definition) is 0. The van der Waals surface area contributed by atoms with Gasteiger partial charge in [-0.15, -0.1) is 0 Å². The number of rotatable bonds is 8. The number of alkyl halides is 3. The third-order valence-corrected chi connectivity index (χ3v) is 4.74. The Hall–Kier alpha value is -2.97. The molecule has 3 rings (SSSR count). The van der Waals surface area contributed by atoms with Crippen molar-refractivity contribution in [3.8, 4) is 17.2 Å². The molecule has 1 atom stereocenters. The lowest BCUT2D eigenvalue weighted by atomic mass is 10.1. The Bertz CT molecular complexity index is 1100. The van der Waals surface area contributed by atoms with Crippen molar-refractivity contribution in [2.45, 2.75) is 19.2 Å². The van der Waals surface area contributed by atoms with Crippen LogP contribution in [0.4, 0.5) is 13.2 Å². The van der Waals surface area contributed by atoms with Gasteiger partial charge in [0.2, 0.25) is 0 Å². The molecule has 3 aromatic rings. The summed E-state index contributed by atoms with van der Waals surface area (Å²) in [7, 11) is 1.51. The van der Waals surface area contributed by atoms with Crippen molar-refractivity contribution in [1.82, 2.24) is 0 Å². The zero-order valence-corrected chi connectivity index (χ0v) is 18.0. The Morgan fingerprint density at radius 3 is 2.31 bits per heavy atom. The number of methoxy groups -OCH3 is 1. The lowest BCUT2D eigenvalue weighted by molar-refractivity contribution is -0.152. The quantitative estimate of drug-likeness (QED) is 0.288. The highest BCUT2D eigenvalue weighted by Gasteiger charge is 2.31. The van der Waals surface area contributed by atoms with E-state index in [4.69, 9.17) is 30.5 Å². The molecular weight excluding hydrogens is 449 g/mol. The first kappa shape index (κ1) is 23.7. The van der Waals surface area contributed by atoms with Crippen LogP contribution in [0.25, 0.3) is 10.8 Å². The minimum absolute atomic E-state index is 0.0962. The molecule has 0 unspecified atom stereocenters. The molecule has 0 radical (unpaired) electrons. The molecule has 0 aromatic heterocycles. The summed E-state index contributed by atoms with van der Waals surface area (Å²) >= 11 is 5.96. The van der Waals surface area contributed by atoms with Gasteiger partial charge in [0.1, 0.15) is 23.9 Å². The molecule has 0 saturated heterocycles. The number of ether oxygens (including phenoxy) is 4. The van der Waals surface area contributed by atoms with E-state index in [1.165, 1.54) is 13.2 Å². The van der Waals surface area contributed by atoms with Gasteiger partial charge in [-0.3, -0.25) is 0 Å². The van der Waals surface area contributed by atoms with Crippen LogP contribution in [0.15, 0.2) is 54.6 Å². The molecule has 3 aromatic carbocycles. The molecule has 0 bridgehead atoms. The van der Waals surface area contributed by atoms with Crippen LogP contribution in [0.2, 0.25) is 5.02 Å². The summed E-state index contributed by atoms with van der Waals surface area (Å²) in [6.07, 6.45) is -5.32. The maximum absolute atomic E-state index is 12.8. The Morgan fingerprint density at radius 1 is 0.969 bits per heavy atom. The molecule has 0 spiro atoms. The number of esters is 1. The van der Waals surface area contributed by atoms with Crippen molar-refractivity contribution >= 4 is 28.3 Å². The fraction of sp³-hybridized carbons (Fsp3) is 0.261. The van der Waals surface area contributed by atoms with Crippen LogP contribution in [0.5, 0.6) is 17.2 Å². The topological polar surface area (TPSA) is 54.0 Å². The molecule has 0 aliphatic heterocycles. The van der Waals surface area contributed by atoms with E-state index in [2.05, 4.69) is 0 Å². The summed E-state index contributed by atoms with van der Waals surface area (Å²) in [5, 5.41) is 1.46. The Kier molecular flexibility index (Phi) is 7.48. The van der Waals surface area contributed by atoms with E-state index in [9.17, 15) is 18.0 Å². The third kappa shape index (κ3) is 6.05. The number of benzene rings is 3. The summed E-state index contributed by atoms with van der Waals surface area (Å²) in [5.41, 5.74) is -0.856. The second-order valence-electron chi connectivity index (χ2n) is 6.84. The Balaban J connectivity index is 1.75. The van der Waals surface area contributed by atoms with Crippen LogP contribution in [0.3, 0.4) is 0 Å². The molecule has 0 fully saturated rings. The van der Waals surface area contributed by atoms with Crippen LogP contribution in [0, 0.1) is 0 Å². The second-order valence-corrected chi connectivity index (χ2v) is 7.24. The second kappa shape index (κ2) is 10.1. The Morgan fingerprint density at radius 2 is 1.66 bits per heavy atom. The largest absolute Gasteiger partial charge is 0.479 e. The minimum atomic E-state index is -4.49. The average molecular weight is 469 g/mol. The summed E-state index contributed by atoms with van der Waals surface area (Å²) in [6.45, 7) is 2.00.